The minimum Gasteiger partial charge on any atom is -0.354 e. The van der Waals surface area contributed by atoms with Crippen LogP contribution in [0, 0.1) is 5.92 Å². The lowest BCUT2D eigenvalue weighted by molar-refractivity contribution is -0.131. The number of nitrogens with zero attached hydrogens (tertiary/aromatic N) is 1. The summed E-state index contributed by atoms with van der Waals surface area (Å²) in [6.45, 7) is 1.21. The number of aromatic nitrogens is 1. The molecule has 1 fully saturated rings. The van der Waals surface area contributed by atoms with Crippen LogP contribution in [0.4, 0.5) is 4.39 Å². The number of aryl methyl sites for hydroxylation is 1. The molecule has 1 amide bonds. The van der Waals surface area contributed by atoms with E-state index in [1.165, 1.54) is 24.5 Å². The van der Waals surface area contributed by atoms with Crippen LogP contribution in [-0.4, -0.2) is 35.7 Å². The van der Waals surface area contributed by atoms with Gasteiger partial charge < -0.3 is 4.52 Å². The maximum atomic E-state index is 13.8. The minimum absolute atomic E-state index is 0.0143. The Morgan fingerprint density at radius 3 is 2.78 bits per heavy atom. The van der Waals surface area contributed by atoms with E-state index >= 15 is 0 Å². The van der Waals surface area contributed by atoms with E-state index in [1.54, 1.807) is 0 Å². The molecule has 1 atom stereocenters. The van der Waals surface area contributed by atoms with Crippen molar-refractivity contribution >= 4 is 21.6 Å². The Bertz CT molecular complexity index is 723. The predicted octanol–water partition coefficient (Wildman–Crippen LogP) is 1.64. The van der Waals surface area contributed by atoms with Gasteiger partial charge in [0.15, 0.2) is 21.4 Å². The van der Waals surface area contributed by atoms with E-state index < -0.39 is 26.3 Å². The standard InChI is InChI=1S/C14H19FN2O5S/c1-14(13(18)16-19,23(2,20)21)6-5-10-8-12(22-17-10)11(15)7-9-3-4-9/h7-9,19H,3-6H2,1-2H3,(H,16,18)/b11-7+. The highest BCUT2D eigenvalue weighted by Gasteiger charge is 2.43. The molecule has 1 aromatic heterocycles. The molecule has 0 bridgehead atoms. The lowest BCUT2D eigenvalue weighted by atomic mass is 10.0. The topological polar surface area (TPSA) is 110 Å². The average Bonchev–Trinajstić information content (AvgIpc) is 3.16. The van der Waals surface area contributed by atoms with E-state index in [9.17, 15) is 17.6 Å². The third-order valence-electron chi connectivity index (χ3n) is 4.06. The first-order chi connectivity index (χ1) is 10.7. The Hall–Kier alpha value is -1.74. The summed E-state index contributed by atoms with van der Waals surface area (Å²) in [5.41, 5.74) is 1.70. The van der Waals surface area contributed by atoms with Crippen LogP contribution in [0.25, 0.3) is 5.83 Å². The monoisotopic (exact) mass is 346 g/mol. The van der Waals surface area contributed by atoms with Crippen molar-refractivity contribution in [2.45, 2.75) is 37.4 Å². The number of rotatable bonds is 7. The number of hydroxylamine groups is 1. The van der Waals surface area contributed by atoms with Crippen LogP contribution in [0.3, 0.4) is 0 Å². The third-order valence-corrected chi connectivity index (χ3v) is 6.08. The molecule has 0 aliphatic heterocycles. The summed E-state index contributed by atoms with van der Waals surface area (Å²) < 4.78 is 40.6. The van der Waals surface area contributed by atoms with Crippen molar-refractivity contribution in [3.05, 3.63) is 23.6 Å². The Morgan fingerprint density at radius 2 is 2.26 bits per heavy atom. The van der Waals surface area contributed by atoms with E-state index in [1.807, 2.05) is 0 Å². The zero-order valence-electron chi connectivity index (χ0n) is 12.9. The molecule has 23 heavy (non-hydrogen) atoms. The molecule has 2 N–H and O–H groups in total. The highest BCUT2D eigenvalue weighted by molar-refractivity contribution is 7.92. The van der Waals surface area contributed by atoms with Gasteiger partial charge in [-0.3, -0.25) is 10.0 Å². The van der Waals surface area contributed by atoms with Crippen LogP contribution < -0.4 is 5.48 Å². The van der Waals surface area contributed by atoms with Gasteiger partial charge in [0.05, 0.1) is 5.69 Å². The first-order valence-corrected chi connectivity index (χ1v) is 9.04. The molecule has 0 radical (unpaired) electrons. The van der Waals surface area contributed by atoms with E-state index in [0.717, 1.165) is 19.1 Å². The second-order valence-electron chi connectivity index (χ2n) is 5.98. The summed E-state index contributed by atoms with van der Waals surface area (Å²) in [5.74, 6) is -1.29. The summed E-state index contributed by atoms with van der Waals surface area (Å²) in [4.78, 5) is 11.7. The van der Waals surface area contributed by atoms with Gasteiger partial charge >= 0.3 is 0 Å². The normalized spacial score (nSPS) is 18.5. The van der Waals surface area contributed by atoms with E-state index in [-0.39, 0.29) is 24.5 Å². The second kappa shape index (κ2) is 6.40. The van der Waals surface area contributed by atoms with Crippen LogP contribution >= 0.6 is 0 Å². The van der Waals surface area contributed by atoms with Gasteiger partial charge in [0.25, 0.3) is 5.91 Å². The van der Waals surface area contributed by atoms with Crippen LogP contribution in [0.15, 0.2) is 16.7 Å². The van der Waals surface area contributed by atoms with Gasteiger partial charge in [-0.15, -0.1) is 0 Å². The van der Waals surface area contributed by atoms with Crippen LogP contribution in [0.5, 0.6) is 0 Å². The minimum atomic E-state index is -3.78. The molecular weight excluding hydrogens is 327 g/mol. The number of amides is 1. The van der Waals surface area contributed by atoms with Crippen LogP contribution in [0.2, 0.25) is 0 Å². The predicted molar refractivity (Wildman–Crippen MR) is 79.8 cm³/mol. The van der Waals surface area contributed by atoms with E-state index in [2.05, 4.69) is 5.16 Å². The Balaban J connectivity index is 2.10. The molecular formula is C14H19FN2O5S. The van der Waals surface area contributed by atoms with Crippen molar-refractivity contribution in [1.82, 2.24) is 10.6 Å². The molecule has 128 valence electrons. The van der Waals surface area contributed by atoms with Crippen LogP contribution in [0.1, 0.15) is 37.6 Å². The SMILES string of the molecule is CC(CCc1cc(/C(F)=C\C2CC2)on1)(C(=O)NO)S(C)(=O)=O. The number of allylic oxidation sites excluding steroid dienone is 1. The smallest absolute Gasteiger partial charge is 0.264 e. The highest BCUT2D eigenvalue weighted by Crippen LogP contribution is 2.34. The molecule has 0 aromatic carbocycles. The van der Waals surface area contributed by atoms with Gasteiger partial charge in [-0.1, -0.05) is 5.16 Å². The highest BCUT2D eigenvalue weighted by atomic mass is 32.2. The number of carbonyl (C=O) groups is 1. The van der Waals surface area contributed by atoms with E-state index in [4.69, 9.17) is 9.73 Å². The zero-order chi connectivity index (χ0) is 17.3. The number of hydrogen-bond donors (Lipinski definition) is 2. The maximum Gasteiger partial charge on any atom is 0.264 e. The first kappa shape index (κ1) is 17.6. The molecule has 0 spiro atoms. The number of halogens is 1. The Labute approximate surface area is 133 Å². The zero-order valence-corrected chi connectivity index (χ0v) is 13.7. The largest absolute Gasteiger partial charge is 0.354 e. The second-order valence-corrected chi connectivity index (χ2v) is 8.42. The summed E-state index contributed by atoms with van der Waals surface area (Å²) in [5, 5.41) is 12.4. The summed E-state index contributed by atoms with van der Waals surface area (Å²) >= 11 is 0. The van der Waals surface area contributed by atoms with Crippen molar-refractivity contribution in [2.24, 2.45) is 5.92 Å². The summed E-state index contributed by atoms with van der Waals surface area (Å²) in [6.07, 6.45) is 4.25. The van der Waals surface area contributed by atoms with Gasteiger partial charge in [-0.2, -0.15) is 0 Å². The first-order valence-electron chi connectivity index (χ1n) is 7.15. The molecule has 9 heteroatoms. The molecule has 2 rings (SSSR count). The lowest BCUT2D eigenvalue weighted by Gasteiger charge is -2.24. The number of hydrogen-bond acceptors (Lipinski definition) is 6. The molecule has 1 aliphatic carbocycles. The number of sulfone groups is 1. The quantitative estimate of drug-likeness (QED) is 0.574. The molecule has 1 aromatic rings. The fourth-order valence-electron chi connectivity index (χ4n) is 2.05. The van der Waals surface area contributed by atoms with Gasteiger partial charge in [-0.25, -0.2) is 18.3 Å². The van der Waals surface area contributed by atoms with Gasteiger partial charge in [0.2, 0.25) is 0 Å². The molecule has 1 heterocycles. The van der Waals surface area contributed by atoms with Crippen molar-refractivity contribution in [3.8, 4) is 0 Å². The van der Waals surface area contributed by atoms with Gasteiger partial charge in [-0.05, 0) is 44.6 Å². The number of carbonyl (C=O) groups excluding carboxylic acids is 1. The summed E-state index contributed by atoms with van der Waals surface area (Å²) in [7, 11) is -3.78. The van der Waals surface area contributed by atoms with Crippen molar-refractivity contribution < 1.29 is 27.3 Å². The van der Waals surface area contributed by atoms with Crippen molar-refractivity contribution in [2.75, 3.05) is 6.26 Å². The molecule has 1 saturated carbocycles. The number of nitrogens with one attached hydrogen (secondary N) is 1. The maximum absolute atomic E-state index is 13.8. The van der Waals surface area contributed by atoms with E-state index in [0.29, 0.717) is 5.69 Å². The fraction of sp³-hybridized carbons (Fsp3) is 0.571. The summed E-state index contributed by atoms with van der Waals surface area (Å²) in [6, 6.07) is 1.38. The van der Waals surface area contributed by atoms with Crippen LogP contribution in [-0.2, 0) is 21.1 Å². The molecule has 1 aliphatic rings. The molecule has 1 unspecified atom stereocenters. The Kier molecular flexibility index (Phi) is 4.90. The Morgan fingerprint density at radius 1 is 1.61 bits per heavy atom. The third kappa shape index (κ3) is 3.97. The van der Waals surface area contributed by atoms with Gasteiger partial charge in [0.1, 0.15) is 4.75 Å². The van der Waals surface area contributed by atoms with Crippen molar-refractivity contribution in [1.29, 1.82) is 0 Å². The average molecular weight is 346 g/mol. The molecule has 7 nitrogen and oxygen atoms in total. The van der Waals surface area contributed by atoms with Crippen molar-refractivity contribution in [3.63, 3.8) is 0 Å². The fourth-order valence-corrected chi connectivity index (χ4v) is 2.90. The lowest BCUT2D eigenvalue weighted by Crippen LogP contribution is -2.49. The van der Waals surface area contributed by atoms with Gasteiger partial charge in [0, 0.05) is 12.3 Å². The molecule has 0 saturated heterocycles.